The van der Waals surface area contributed by atoms with Crippen molar-refractivity contribution < 1.29 is 17.9 Å². The molecule has 4 rings (SSSR count). The molecule has 8 heteroatoms. The van der Waals surface area contributed by atoms with Crippen LogP contribution in [0.1, 0.15) is 23.3 Å². The lowest BCUT2D eigenvalue weighted by molar-refractivity contribution is -0.0498. The lowest BCUT2D eigenvalue weighted by atomic mass is 10.2. The molecule has 30 heavy (non-hydrogen) atoms. The van der Waals surface area contributed by atoms with Crippen LogP contribution in [0.25, 0.3) is 11.6 Å². The summed E-state index contributed by atoms with van der Waals surface area (Å²) in [5.74, 6) is 1.43. The van der Waals surface area contributed by atoms with Gasteiger partial charge in [-0.2, -0.15) is 8.78 Å². The Balaban J connectivity index is 1.59. The first-order valence-electron chi connectivity index (χ1n) is 9.32. The Hall–Kier alpha value is -3.13. The standard InChI is InChI=1S/C22H19F2N3O2S/c1-15(17-9-11-18(12-10-17)29-21(23)24)30-22-26-25-20(19-8-5-13-28-19)27(22)14-16-6-3-2-4-7-16/h2-13,15,21H,14H2,1H3. The van der Waals surface area contributed by atoms with Crippen LogP contribution in [0.4, 0.5) is 8.78 Å². The maximum atomic E-state index is 12.4. The van der Waals surface area contributed by atoms with Gasteiger partial charge in [0.05, 0.1) is 12.8 Å². The van der Waals surface area contributed by atoms with Gasteiger partial charge >= 0.3 is 6.61 Å². The molecule has 0 spiro atoms. The number of rotatable bonds is 8. The zero-order valence-corrected chi connectivity index (χ0v) is 16.9. The molecule has 154 valence electrons. The smallest absolute Gasteiger partial charge is 0.387 e. The third kappa shape index (κ3) is 4.71. The highest BCUT2D eigenvalue weighted by atomic mass is 32.2. The molecule has 5 nitrogen and oxygen atoms in total. The molecule has 0 N–H and O–H groups in total. The van der Waals surface area contributed by atoms with Crippen molar-refractivity contribution in [1.82, 2.24) is 14.8 Å². The van der Waals surface area contributed by atoms with Crippen molar-refractivity contribution in [3.63, 3.8) is 0 Å². The fourth-order valence-electron chi connectivity index (χ4n) is 3.02. The molecule has 0 radical (unpaired) electrons. The van der Waals surface area contributed by atoms with Crippen LogP contribution in [-0.4, -0.2) is 21.4 Å². The van der Waals surface area contributed by atoms with Gasteiger partial charge in [0.25, 0.3) is 0 Å². The third-order valence-electron chi connectivity index (χ3n) is 4.50. The van der Waals surface area contributed by atoms with Crippen LogP contribution in [-0.2, 0) is 6.54 Å². The van der Waals surface area contributed by atoms with Crippen LogP contribution in [0.2, 0.25) is 0 Å². The number of hydrogen-bond acceptors (Lipinski definition) is 5. The van der Waals surface area contributed by atoms with Gasteiger partial charge in [0.2, 0.25) is 5.82 Å². The summed E-state index contributed by atoms with van der Waals surface area (Å²) in [6.07, 6.45) is 1.61. The summed E-state index contributed by atoms with van der Waals surface area (Å²) in [4.78, 5) is 0. The average molecular weight is 427 g/mol. The molecule has 4 aromatic rings. The zero-order valence-electron chi connectivity index (χ0n) is 16.1. The van der Waals surface area contributed by atoms with E-state index in [1.807, 2.05) is 54.0 Å². The van der Waals surface area contributed by atoms with Gasteiger partial charge in [0.15, 0.2) is 10.9 Å². The Bertz CT molecular complexity index is 1070. The minimum Gasteiger partial charge on any atom is -0.461 e. The van der Waals surface area contributed by atoms with E-state index in [4.69, 9.17) is 4.42 Å². The largest absolute Gasteiger partial charge is 0.461 e. The predicted molar refractivity (Wildman–Crippen MR) is 111 cm³/mol. The summed E-state index contributed by atoms with van der Waals surface area (Å²) >= 11 is 1.54. The Labute approximate surface area is 176 Å². The number of ether oxygens (including phenoxy) is 1. The van der Waals surface area contributed by atoms with Gasteiger partial charge in [0, 0.05) is 5.25 Å². The molecule has 0 fully saturated rings. The summed E-state index contributed by atoms with van der Waals surface area (Å²) in [6.45, 7) is -0.207. The van der Waals surface area contributed by atoms with Gasteiger partial charge in [-0.15, -0.1) is 10.2 Å². The monoisotopic (exact) mass is 427 g/mol. The van der Waals surface area contributed by atoms with E-state index >= 15 is 0 Å². The van der Waals surface area contributed by atoms with E-state index in [2.05, 4.69) is 14.9 Å². The molecule has 1 unspecified atom stereocenters. The van der Waals surface area contributed by atoms with E-state index in [0.29, 0.717) is 18.1 Å². The molecule has 0 saturated carbocycles. The number of hydrogen-bond donors (Lipinski definition) is 0. The number of benzene rings is 2. The van der Waals surface area contributed by atoms with Crippen LogP contribution in [0.15, 0.2) is 82.6 Å². The lowest BCUT2D eigenvalue weighted by Gasteiger charge is -2.14. The first kappa shape index (κ1) is 20.2. The van der Waals surface area contributed by atoms with E-state index in [-0.39, 0.29) is 11.0 Å². The fraction of sp³-hybridized carbons (Fsp3) is 0.182. The Morgan fingerprint density at radius 2 is 1.77 bits per heavy atom. The molecule has 0 bridgehead atoms. The van der Waals surface area contributed by atoms with Gasteiger partial charge < -0.3 is 9.15 Å². The molecule has 2 aromatic heterocycles. The number of thioether (sulfide) groups is 1. The highest BCUT2D eigenvalue weighted by Crippen LogP contribution is 2.36. The predicted octanol–water partition coefficient (Wildman–Crippen LogP) is 6.04. The normalized spacial score (nSPS) is 12.3. The number of aromatic nitrogens is 3. The van der Waals surface area contributed by atoms with Gasteiger partial charge in [0.1, 0.15) is 5.75 Å². The van der Waals surface area contributed by atoms with Gasteiger partial charge in [-0.25, -0.2) is 0 Å². The summed E-state index contributed by atoms with van der Waals surface area (Å²) in [5.41, 5.74) is 2.09. The summed E-state index contributed by atoms with van der Waals surface area (Å²) in [5, 5.41) is 9.49. The molecule has 0 aliphatic rings. The van der Waals surface area contributed by atoms with E-state index in [1.165, 1.54) is 11.8 Å². The highest BCUT2D eigenvalue weighted by molar-refractivity contribution is 7.99. The fourth-order valence-corrected chi connectivity index (χ4v) is 3.99. The first-order chi connectivity index (χ1) is 14.6. The van der Waals surface area contributed by atoms with Crippen molar-refractivity contribution in [2.75, 3.05) is 0 Å². The van der Waals surface area contributed by atoms with Gasteiger partial charge in [-0.1, -0.05) is 54.2 Å². The summed E-state index contributed by atoms with van der Waals surface area (Å²) in [7, 11) is 0. The second-order valence-corrected chi connectivity index (χ2v) is 7.87. The average Bonchev–Trinajstić information content (AvgIpc) is 3.39. The summed E-state index contributed by atoms with van der Waals surface area (Å²) < 4.78 is 36.7. The second-order valence-electron chi connectivity index (χ2n) is 6.56. The van der Waals surface area contributed by atoms with Crippen molar-refractivity contribution in [2.45, 2.75) is 30.5 Å². The molecular weight excluding hydrogens is 408 g/mol. The van der Waals surface area contributed by atoms with Crippen molar-refractivity contribution in [3.8, 4) is 17.3 Å². The van der Waals surface area contributed by atoms with E-state index in [9.17, 15) is 8.78 Å². The molecule has 0 aliphatic carbocycles. The molecule has 2 aromatic carbocycles. The van der Waals surface area contributed by atoms with Crippen LogP contribution >= 0.6 is 11.8 Å². The van der Waals surface area contributed by atoms with Crippen LogP contribution in [0.3, 0.4) is 0 Å². The minimum atomic E-state index is -2.83. The maximum Gasteiger partial charge on any atom is 0.387 e. The molecule has 0 amide bonds. The number of nitrogens with zero attached hydrogens (tertiary/aromatic N) is 3. The van der Waals surface area contributed by atoms with E-state index < -0.39 is 6.61 Å². The molecular formula is C22H19F2N3O2S. The Kier molecular flexibility index (Phi) is 6.13. The zero-order chi connectivity index (χ0) is 20.9. The maximum absolute atomic E-state index is 12.4. The molecule has 0 saturated heterocycles. The van der Waals surface area contributed by atoms with Crippen LogP contribution in [0, 0.1) is 0 Å². The van der Waals surface area contributed by atoms with Crippen molar-refractivity contribution in [3.05, 3.63) is 84.1 Å². The summed E-state index contributed by atoms with van der Waals surface area (Å²) in [6, 6.07) is 20.4. The Morgan fingerprint density at radius 1 is 1.00 bits per heavy atom. The van der Waals surface area contributed by atoms with Gasteiger partial charge in [-0.05, 0) is 42.3 Å². The molecule has 1 atom stereocenters. The van der Waals surface area contributed by atoms with Crippen molar-refractivity contribution in [1.29, 1.82) is 0 Å². The lowest BCUT2D eigenvalue weighted by Crippen LogP contribution is -2.04. The number of alkyl halides is 2. The van der Waals surface area contributed by atoms with E-state index in [1.54, 1.807) is 30.5 Å². The molecule has 2 heterocycles. The van der Waals surface area contributed by atoms with Crippen molar-refractivity contribution >= 4 is 11.8 Å². The first-order valence-corrected chi connectivity index (χ1v) is 10.2. The molecule has 0 aliphatic heterocycles. The Morgan fingerprint density at radius 3 is 2.43 bits per heavy atom. The quantitative estimate of drug-likeness (QED) is 0.321. The second kappa shape index (κ2) is 9.13. The number of furan rings is 1. The topological polar surface area (TPSA) is 53.1 Å². The van der Waals surface area contributed by atoms with Crippen LogP contribution < -0.4 is 4.74 Å². The third-order valence-corrected chi connectivity index (χ3v) is 5.64. The number of halogens is 2. The SMILES string of the molecule is CC(Sc1nnc(-c2ccco2)n1Cc1ccccc1)c1ccc(OC(F)F)cc1. The highest BCUT2D eigenvalue weighted by Gasteiger charge is 2.19. The van der Waals surface area contributed by atoms with Gasteiger partial charge in [-0.3, -0.25) is 4.57 Å². The van der Waals surface area contributed by atoms with Crippen molar-refractivity contribution in [2.24, 2.45) is 0 Å². The minimum absolute atomic E-state index is 0.0220. The van der Waals surface area contributed by atoms with E-state index in [0.717, 1.165) is 16.3 Å². The van der Waals surface area contributed by atoms with Crippen LogP contribution in [0.5, 0.6) is 5.75 Å².